The molecule has 2 aromatic carbocycles. The van der Waals surface area contributed by atoms with Crippen molar-refractivity contribution in [2.45, 2.75) is 0 Å². The van der Waals surface area contributed by atoms with E-state index >= 15 is 0 Å². The number of Topliss-reactive ketones (excluding diaryl/α,β-unsaturated/α-hetero) is 1. The first-order valence-electron chi connectivity index (χ1n) is 8.31. The highest BCUT2D eigenvalue weighted by molar-refractivity contribution is 6.02. The van der Waals surface area contributed by atoms with Crippen molar-refractivity contribution >= 4 is 34.3 Å². The number of nitrogens with one attached hydrogen (secondary N) is 1. The SMILES string of the molecule is O=C1COc2ccc(C(=O)COC(=O)c3cc(=O)c4ccccc4o3)cc2N1. The summed E-state index contributed by atoms with van der Waals surface area (Å²) in [6, 6.07) is 12.0. The van der Waals surface area contributed by atoms with Gasteiger partial charge < -0.3 is 19.2 Å². The molecule has 1 amide bonds. The topological polar surface area (TPSA) is 112 Å². The molecule has 0 saturated carbocycles. The van der Waals surface area contributed by atoms with Crippen molar-refractivity contribution in [2.75, 3.05) is 18.5 Å². The molecule has 1 aromatic heterocycles. The van der Waals surface area contributed by atoms with Gasteiger partial charge in [-0.3, -0.25) is 14.4 Å². The minimum atomic E-state index is -0.925. The monoisotopic (exact) mass is 379 g/mol. The number of hydrogen-bond acceptors (Lipinski definition) is 7. The molecule has 0 unspecified atom stereocenters. The van der Waals surface area contributed by atoms with Crippen LogP contribution < -0.4 is 15.5 Å². The number of carbonyl (C=O) groups excluding carboxylic acids is 3. The molecule has 4 rings (SSSR count). The van der Waals surface area contributed by atoms with Crippen molar-refractivity contribution in [3.63, 3.8) is 0 Å². The van der Waals surface area contributed by atoms with Crippen LogP contribution in [0.2, 0.25) is 0 Å². The van der Waals surface area contributed by atoms with Gasteiger partial charge in [0.15, 0.2) is 24.4 Å². The summed E-state index contributed by atoms with van der Waals surface area (Å²) >= 11 is 0. The number of carbonyl (C=O) groups is 3. The minimum absolute atomic E-state index is 0.0884. The summed E-state index contributed by atoms with van der Waals surface area (Å²) < 4.78 is 15.6. The molecule has 2 heterocycles. The van der Waals surface area contributed by atoms with Crippen LogP contribution in [0, 0.1) is 0 Å². The third-order valence-corrected chi connectivity index (χ3v) is 4.10. The van der Waals surface area contributed by atoms with Gasteiger partial charge in [0.05, 0.1) is 11.1 Å². The molecular weight excluding hydrogens is 366 g/mol. The Bertz CT molecular complexity index is 1180. The molecule has 1 aliphatic rings. The second-order valence-corrected chi connectivity index (χ2v) is 6.02. The lowest BCUT2D eigenvalue weighted by Gasteiger charge is -2.18. The zero-order chi connectivity index (χ0) is 19.7. The highest BCUT2D eigenvalue weighted by Gasteiger charge is 2.20. The number of esters is 1. The summed E-state index contributed by atoms with van der Waals surface area (Å²) in [7, 11) is 0. The fraction of sp³-hybridized carbons (Fsp3) is 0.100. The van der Waals surface area contributed by atoms with Crippen LogP contribution in [-0.2, 0) is 9.53 Å². The smallest absolute Gasteiger partial charge is 0.374 e. The maximum absolute atomic E-state index is 12.3. The Morgan fingerprint density at radius 3 is 2.75 bits per heavy atom. The summed E-state index contributed by atoms with van der Waals surface area (Å²) in [6.07, 6.45) is 0. The predicted octanol–water partition coefficient (Wildman–Crippen LogP) is 2.16. The molecule has 0 aliphatic carbocycles. The number of ether oxygens (including phenoxy) is 2. The largest absolute Gasteiger partial charge is 0.482 e. The van der Waals surface area contributed by atoms with Crippen LogP contribution in [0.25, 0.3) is 11.0 Å². The number of benzene rings is 2. The molecule has 3 aromatic rings. The van der Waals surface area contributed by atoms with Crippen molar-refractivity contribution in [3.8, 4) is 5.75 Å². The number of amides is 1. The highest BCUT2D eigenvalue weighted by atomic mass is 16.5. The first-order chi connectivity index (χ1) is 13.5. The standard InChI is InChI=1S/C20H13NO7/c22-14-8-18(28-16-4-2-1-3-12(14)16)20(25)27-9-15(23)11-5-6-17-13(7-11)21-19(24)10-26-17/h1-8H,9-10H2,(H,21,24). The van der Waals surface area contributed by atoms with E-state index in [4.69, 9.17) is 13.9 Å². The summed E-state index contributed by atoms with van der Waals surface area (Å²) in [4.78, 5) is 47.9. The number of hydrogen-bond donors (Lipinski definition) is 1. The van der Waals surface area contributed by atoms with Gasteiger partial charge >= 0.3 is 5.97 Å². The van der Waals surface area contributed by atoms with Gasteiger partial charge in [-0.2, -0.15) is 0 Å². The molecule has 140 valence electrons. The van der Waals surface area contributed by atoms with E-state index in [1.807, 2.05) is 0 Å². The molecule has 28 heavy (non-hydrogen) atoms. The first kappa shape index (κ1) is 17.5. The molecule has 8 nitrogen and oxygen atoms in total. The van der Waals surface area contributed by atoms with Gasteiger partial charge in [-0.05, 0) is 30.3 Å². The van der Waals surface area contributed by atoms with Gasteiger partial charge in [-0.1, -0.05) is 12.1 Å². The number of rotatable bonds is 4. The molecule has 0 atom stereocenters. The molecule has 1 aliphatic heterocycles. The Morgan fingerprint density at radius 2 is 1.89 bits per heavy atom. The zero-order valence-electron chi connectivity index (χ0n) is 14.4. The Hall–Kier alpha value is -3.94. The van der Waals surface area contributed by atoms with Gasteiger partial charge in [-0.25, -0.2) is 4.79 Å². The van der Waals surface area contributed by atoms with Gasteiger partial charge in [0.2, 0.25) is 5.76 Å². The second kappa shape index (κ2) is 6.99. The summed E-state index contributed by atoms with van der Waals surface area (Å²) in [5, 5.41) is 2.94. The summed E-state index contributed by atoms with van der Waals surface area (Å²) in [5.41, 5.74) is 0.468. The Kier molecular flexibility index (Phi) is 4.36. The lowest BCUT2D eigenvalue weighted by atomic mass is 10.1. The molecule has 0 radical (unpaired) electrons. The van der Waals surface area contributed by atoms with Crippen LogP contribution in [0.3, 0.4) is 0 Å². The molecule has 1 N–H and O–H groups in total. The lowest BCUT2D eigenvalue weighted by molar-refractivity contribution is -0.118. The molecular formula is C20H13NO7. The van der Waals surface area contributed by atoms with Gasteiger partial charge in [0.1, 0.15) is 11.3 Å². The van der Waals surface area contributed by atoms with E-state index < -0.39 is 18.4 Å². The van der Waals surface area contributed by atoms with E-state index in [0.29, 0.717) is 16.8 Å². The summed E-state index contributed by atoms with van der Waals surface area (Å²) in [6.45, 7) is -0.641. The van der Waals surface area contributed by atoms with E-state index in [9.17, 15) is 19.2 Å². The normalized spacial score (nSPS) is 12.6. The van der Waals surface area contributed by atoms with E-state index in [2.05, 4.69) is 5.32 Å². The molecule has 0 spiro atoms. The first-order valence-corrected chi connectivity index (χ1v) is 8.31. The highest BCUT2D eigenvalue weighted by Crippen LogP contribution is 2.28. The van der Waals surface area contributed by atoms with Crippen molar-refractivity contribution in [1.29, 1.82) is 0 Å². The van der Waals surface area contributed by atoms with E-state index in [1.54, 1.807) is 30.3 Å². The second-order valence-electron chi connectivity index (χ2n) is 6.02. The van der Waals surface area contributed by atoms with Gasteiger partial charge in [-0.15, -0.1) is 0 Å². The van der Waals surface area contributed by atoms with Crippen molar-refractivity contribution < 1.29 is 28.3 Å². The zero-order valence-corrected chi connectivity index (χ0v) is 14.4. The van der Waals surface area contributed by atoms with Crippen LogP contribution in [0.1, 0.15) is 20.9 Å². The van der Waals surface area contributed by atoms with E-state index in [0.717, 1.165) is 6.07 Å². The fourth-order valence-electron chi connectivity index (χ4n) is 2.75. The van der Waals surface area contributed by atoms with Crippen molar-refractivity contribution in [1.82, 2.24) is 0 Å². The van der Waals surface area contributed by atoms with Crippen LogP contribution in [-0.4, -0.2) is 30.9 Å². The molecule has 0 saturated heterocycles. The van der Waals surface area contributed by atoms with E-state index in [1.165, 1.54) is 12.1 Å². The summed E-state index contributed by atoms with van der Waals surface area (Å²) in [5.74, 6) is -1.58. The third-order valence-electron chi connectivity index (χ3n) is 4.10. The van der Waals surface area contributed by atoms with Crippen LogP contribution in [0.15, 0.2) is 57.7 Å². The number of para-hydroxylation sites is 1. The fourth-order valence-corrected chi connectivity index (χ4v) is 2.75. The van der Waals surface area contributed by atoms with E-state index in [-0.39, 0.29) is 34.8 Å². The van der Waals surface area contributed by atoms with Gasteiger partial charge in [0.25, 0.3) is 5.91 Å². The molecule has 8 heteroatoms. The molecule has 0 fully saturated rings. The number of anilines is 1. The maximum atomic E-state index is 12.3. The van der Waals surface area contributed by atoms with Gasteiger partial charge in [0, 0.05) is 11.6 Å². The predicted molar refractivity (Wildman–Crippen MR) is 97.7 cm³/mol. The minimum Gasteiger partial charge on any atom is -0.482 e. The Labute approximate surface area is 157 Å². The average Bonchev–Trinajstić information content (AvgIpc) is 2.71. The van der Waals surface area contributed by atoms with Crippen LogP contribution >= 0.6 is 0 Å². The lowest BCUT2D eigenvalue weighted by Crippen LogP contribution is -2.25. The average molecular weight is 379 g/mol. The van der Waals surface area contributed by atoms with Crippen molar-refractivity contribution in [3.05, 3.63) is 70.1 Å². The van der Waals surface area contributed by atoms with Crippen molar-refractivity contribution in [2.24, 2.45) is 0 Å². The quantitative estimate of drug-likeness (QED) is 0.546. The Balaban J connectivity index is 1.48. The van der Waals surface area contributed by atoms with Crippen LogP contribution in [0.4, 0.5) is 5.69 Å². The molecule has 0 bridgehead atoms. The number of ketones is 1. The Morgan fingerprint density at radius 1 is 1.07 bits per heavy atom. The maximum Gasteiger partial charge on any atom is 0.374 e. The van der Waals surface area contributed by atoms with Crippen LogP contribution in [0.5, 0.6) is 5.75 Å². The third kappa shape index (κ3) is 3.35. The number of fused-ring (bicyclic) bond motifs is 2.